The quantitative estimate of drug-likeness (QED) is 0.883. The van der Waals surface area contributed by atoms with Crippen molar-refractivity contribution in [3.63, 3.8) is 0 Å². The van der Waals surface area contributed by atoms with E-state index in [2.05, 4.69) is 44.7 Å². The number of benzene rings is 1. The molecule has 2 atom stereocenters. The zero-order valence-corrected chi connectivity index (χ0v) is 10.7. The van der Waals surface area contributed by atoms with E-state index in [4.69, 9.17) is 0 Å². The molecule has 0 radical (unpaired) electrons. The Hall–Kier alpha value is -1.94. The van der Waals surface area contributed by atoms with Crippen molar-refractivity contribution in [2.45, 2.75) is 18.5 Å². The molecule has 1 aromatic heterocycles. The first-order valence-corrected chi connectivity index (χ1v) is 6.81. The van der Waals surface area contributed by atoms with Gasteiger partial charge < -0.3 is 10.2 Å². The van der Waals surface area contributed by atoms with E-state index in [1.54, 1.807) is 0 Å². The van der Waals surface area contributed by atoms with Gasteiger partial charge in [-0.15, -0.1) is 10.2 Å². The number of anilines is 1. The van der Waals surface area contributed by atoms with Gasteiger partial charge in [-0.1, -0.05) is 30.3 Å². The molecule has 0 spiro atoms. The number of fused-ring (bicyclic) bond motifs is 1. The van der Waals surface area contributed by atoms with E-state index in [1.807, 2.05) is 18.2 Å². The van der Waals surface area contributed by atoms with Crippen molar-refractivity contribution in [3.05, 3.63) is 42.5 Å². The van der Waals surface area contributed by atoms with Gasteiger partial charge in [0.2, 0.25) is 0 Å². The molecule has 4 heteroatoms. The van der Waals surface area contributed by atoms with E-state index in [-0.39, 0.29) is 0 Å². The maximum Gasteiger partial charge on any atom is 0.151 e. The number of nitrogens with one attached hydrogen (secondary N) is 1. The number of nitrogens with zero attached hydrogens (tertiary/aromatic N) is 3. The summed E-state index contributed by atoms with van der Waals surface area (Å²) >= 11 is 0. The Morgan fingerprint density at radius 3 is 2.58 bits per heavy atom. The van der Waals surface area contributed by atoms with Gasteiger partial charge in [0.25, 0.3) is 0 Å². The van der Waals surface area contributed by atoms with Crippen LogP contribution in [0, 0.1) is 0 Å². The molecule has 4 rings (SSSR count). The molecule has 0 saturated carbocycles. The van der Waals surface area contributed by atoms with Gasteiger partial charge >= 0.3 is 0 Å². The Kier molecular flexibility index (Phi) is 2.48. The molecule has 1 aromatic carbocycles. The minimum Gasteiger partial charge on any atom is -0.349 e. The van der Waals surface area contributed by atoms with Gasteiger partial charge in [0.1, 0.15) is 0 Å². The number of hydrogen-bond acceptors (Lipinski definition) is 4. The lowest BCUT2D eigenvalue weighted by molar-refractivity contribution is 0.347. The van der Waals surface area contributed by atoms with Crippen LogP contribution in [0.2, 0.25) is 0 Å². The first-order chi connectivity index (χ1) is 9.42. The topological polar surface area (TPSA) is 41.0 Å². The van der Waals surface area contributed by atoms with Gasteiger partial charge in [-0.05, 0) is 18.6 Å². The Morgan fingerprint density at radius 2 is 1.95 bits per heavy atom. The molecule has 19 heavy (non-hydrogen) atoms. The Labute approximate surface area is 112 Å². The van der Waals surface area contributed by atoms with Crippen LogP contribution in [-0.2, 0) is 0 Å². The summed E-state index contributed by atoms with van der Waals surface area (Å²) in [4.78, 5) is 2.38. The first-order valence-electron chi connectivity index (χ1n) is 6.81. The van der Waals surface area contributed by atoms with Crippen molar-refractivity contribution >= 4 is 5.82 Å². The maximum absolute atomic E-state index is 4.40. The van der Waals surface area contributed by atoms with Crippen LogP contribution < -0.4 is 10.2 Å². The Morgan fingerprint density at radius 1 is 1.05 bits per heavy atom. The lowest BCUT2D eigenvalue weighted by Crippen LogP contribution is -2.59. The SMILES string of the molecule is c1ccc(-c2ccc(N3CC[C@H]4NC[C@H]43)nn2)cc1. The molecule has 0 bridgehead atoms. The van der Waals surface area contributed by atoms with Gasteiger partial charge in [-0.3, -0.25) is 0 Å². The Bertz CT molecular complexity index is 566. The molecule has 2 aliphatic rings. The molecule has 4 nitrogen and oxygen atoms in total. The van der Waals surface area contributed by atoms with Gasteiger partial charge in [0, 0.05) is 24.7 Å². The van der Waals surface area contributed by atoms with Gasteiger partial charge in [0.05, 0.1) is 11.7 Å². The fourth-order valence-corrected chi connectivity index (χ4v) is 2.98. The van der Waals surface area contributed by atoms with Crippen molar-refractivity contribution in [2.75, 3.05) is 18.0 Å². The van der Waals surface area contributed by atoms with Crippen molar-refractivity contribution in [1.82, 2.24) is 15.5 Å². The fraction of sp³-hybridized carbons (Fsp3) is 0.333. The summed E-state index contributed by atoms with van der Waals surface area (Å²) < 4.78 is 0. The van der Waals surface area contributed by atoms with Crippen LogP contribution in [0.3, 0.4) is 0 Å². The molecular weight excluding hydrogens is 236 g/mol. The highest BCUT2D eigenvalue weighted by Gasteiger charge is 2.41. The second kappa shape index (κ2) is 4.31. The Balaban J connectivity index is 1.59. The average molecular weight is 252 g/mol. The summed E-state index contributed by atoms with van der Waals surface area (Å²) in [5.74, 6) is 1.01. The van der Waals surface area contributed by atoms with Crippen LogP contribution in [0.25, 0.3) is 11.3 Å². The summed E-state index contributed by atoms with van der Waals surface area (Å²) in [5, 5.41) is 12.2. The number of aromatic nitrogens is 2. The number of hydrogen-bond donors (Lipinski definition) is 1. The molecule has 2 aromatic rings. The first kappa shape index (κ1) is 10.9. The average Bonchev–Trinajstić information content (AvgIpc) is 2.75. The van der Waals surface area contributed by atoms with Crippen LogP contribution in [0.5, 0.6) is 0 Å². The van der Waals surface area contributed by atoms with Crippen molar-refractivity contribution < 1.29 is 0 Å². The van der Waals surface area contributed by atoms with Crippen LogP contribution in [0.15, 0.2) is 42.5 Å². The third kappa shape index (κ3) is 1.79. The van der Waals surface area contributed by atoms with E-state index in [0.29, 0.717) is 12.1 Å². The minimum absolute atomic E-state index is 0.622. The van der Waals surface area contributed by atoms with Crippen LogP contribution >= 0.6 is 0 Å². The molecule has 0 amide bonds. The van der Waals surface area contributed by atoms with E-state index in [0.717, 1.165) is 30.2 Å². The molecule has 0 aliphatic carbocycles. The third-order valence-corrected chi connectivity index (χ3v) is 4.15. The monoisotopic (exact) mass is 252 g/mol. The predicted molar refractivity (Wildman–Crippen MR) is 75.0 cm³/mol. The molecule has 1 N–H and O–H groups in total. The third-order valence-electron chi connectivity index (χ3n) is 4.15. The van der Waals surface area contributed by atoms with Crippen LogP contribution in [-0.4, -0.2) is 35.4 Å². The normalized spacial score (nSPS) is 24.9. The molecule has 0 unspecified atom stereocenters. The lowest BCUT2D eigenvalue weighted by atomic mass is 10.0. The van der Waals surface area contributed by atoms with Crippen molar-refractivity contribution in [1.29, 1.82) is 0 Å². The standard InChI is InChI=1S/C15H16N4/c1-2-4-11(5-3-1)12-6-7-15(18-17-12)19-9-8-13-14(19)10-16-13/h1-7,13-14,16H,8-10H2/t13-,14-/m1/s1. The summed E-state index contributed by atoms with van der Waals surface area (Å²) in [7, 11) is 0. The van der Waals surface area contributed by atoms with Gasteiger partial charge in [-0.25, -0.2) is 0 Å². The largest absolute Gasteiger partial charge is 0.349 e. The van der Waals surface area contributed by atoms with Gasteiger partial charge in [-0.2, -0.15) is 0 Å². The van der Waals surface area contributed by atoms with E-state index in [1.165, 1.54) is 6.42 Å². The van der Waals surface area contributed by atoms with Gasteiger partial charge in [0.15, 0.2) is 5.82 Å². The number of rotatable bonds is 2. The summed E-state index contributed by atoms with van der Waals surface area (Å²) in [5.41, 5.74) is 2.05. The van der Waals surface area contributed by atoms with Crippen LogP contribution in [0.1, 0.15) is 6.42 Å². The molecule has 96 valence electrons. The fourth-order valence-electron chi connectivity index (χ4n) is 2.98. The zero-order valence-electron chi connectivity index (χ0n) is 10.7. The smallest absolute Gasteiger partial charge is 0.151 e. The van der Waals surface area contributed by atoms with Crippen molar-refractivity contribution in [2.24, 2.45) is 0 Å². The highest BCUT2D eigenvalue weighted by Crippen LogP contribution is 2.28. The van der Waals surface area contributed by atoms with E-state index in [9.17, 15) is 0 Å². The summed E-state index contributed by atoms with van der Waals surface area (Å²) in [6, 6.07) is 15.6. The molecular formula is C15H16N4. The second-order valence-corrected chi connectivity index (χ2v) is 5.21. The lowest BCUT2D eigenvalue weighted by Gasteiger charge is -2.37. The maximum atomic E-state index is 4.40. The molecule has 2 aliphatic heterocycles. The molecule has 2 fully saturated rings. The predicted octanol–water partition coefficient (Wildman–Crippen LogP) is 1.69. The highest BCUT2D eigenvalue weighted by molar-refractivity contribution is 5.59. The minimum atomic E-state index is 0.622. The van der Waals surface area contributed by atoms with E-state index < -0.39 is 0 Å². The summed E-state index contributed by atoms with van der Waals surface area (Å²) in [6.45, 7) is 2.16. The second-order valence-electron chi connectivity index (χ2n) is 5.21. The molecule has 2 saturated heterocycles. The van der Waals surface area contributed by atoms with E-state index >= 15 is 0 Å². The zero-order chi connectivity index (χ0) is 12.7. The van der Waals surface area contributed by atoms with Crippen molar-refractivity contribution in [3.8, 4) is 11.3 Å². The summed E-state index contributed by atoms with van der Waals surface area (Å²) in [6.07, 6.45) is 1.22. The highest BCUT2D eigenvalue weighted by atomic mass is 15.3. The molecule has 3 heterocycles. The van der Waals surface area contributed by atoms with Crippen LogP contribution in [0.4, 0.5) is 5.82 Å².